The van der Waals surface area contributed by atoms with Gasteiger partial charge in [-0.05, 0) is 26.4 Å². The number of hydrogen-bond donors (Lipinski definition) is 0. The Hall–Kier alpha value is -0.100. The second-order valence-corrected chi connectivity index (χ2v) is 6.30. The van der Waals surface area contributed by atoms with Crippen LogP contribution in [0.3, 0.4) is 0 Å². The second-order valence-electron chi connectivity index (χ2n) is 5.13. The molecule has 1 aromatic rings. The zero-order valence-electron chi connectivity index (χ0n) is 11.7. The van der Waals surface area contributed by atoms with E-state index in [9.17, 15) is 0 Å². The van der Waals surface area contributed by atoms with Crippen molar-refractivity contribution in [3.05, 3.63) is 16.4 Å². The standard InChI is InChI=1S/C13H22BrClN4/c1-11-13(15)12(17(2)16-11)10-19-6-3-5-18(7-4-14)8-9-19/h3-10H2,1-2H3. The Labute approximate surface area is 128 Å². The minimum atomic E-state index is 0.823. The van der Waals surface area contributed by atoms with Gasteiger partial charge in [0.05, 0.1) is 16.4 Å². The highest BCUT2D eigenvalue weighted by Gasteiger charge is 2.18. The highest BCUT2D eigenvalue weighted by molar-refractivity contribution is 9.09. The van der Waals surface area contributed by atoms with E-state index in [0.29, 0.717) is 0 Å². The molecular formula is C13H22BrClN4. The largest absolute Gasteiger partial charge is 0.301 e. The van der Waals surface area contributed by atoms with E-state index in [1.807, 2.05) is 18.7 Å². The van der Waals surface area contributed by atoms with Gasteiger partial charge in [-0.3, -0.25) is 9.58 Å². The predicted molar refractivity (Wildman–Crippen MR) is 83.1 cm³/mol. The molecule has 0 saturated carbocycles. The van der Waals surface area contributed by atoms with Crippen molar-refractivity contribution in [2.24, 2.45) is 7.05 Å². The van der Waals surface area contributed by atoms with Gasteiger partial charge in [-0.1, -0.05) is 27.5 Å². The average Bonchev–Trinajstić information content (AvgIpc) is 2.58. The van der Waals surface area contributed by atoms with Crippen LogP contribution in [0, 0.1) is 6.92 Å². The minimum absolute atomic E-state index is 0.823. The average molecular weight is 350 g/mol. The normalized spacial score (nSPS) is 18.7. The van der Waals surface area contributed by atoms with Crippen molar-refractivity contribution in [2.45, 2.75) is 19.9 Å². The lowest BCUT2D eigenvalue weighted by molar-refractivity contribution is 0.254. The molecule has 1 aliphatic heterocycles. The molecular weight excluding hydrogens is 328 g/mol. The van der Waals surface area contributed by atoms with Gasteiger partial charge in [0.2, 0.25) is 0 Å². The summed E-state index contributed by atoms with van der Waals surface area (Å²) in [4.78, 5) is 5.00. The zero-order chi connectivity index (χ0) is 13.8. The highest BCUT2D eigenvalue weighted by atomic mass is 79.9. The summed E-state index contributed by atoms with van der Waals surface area (Å²) in [7, 11) is 1.98. The van der Waals surface area contributed by atoms with Crippen LogP contribution in [0.4, 0.5) is 0 Å². The first-order chi connectivity index (χ1) is 9.11. The summed E-state index contributed by atoms with van der Waals surface area (Å²) in [5.74, 6) is 0. The summed E-state index contributed by atoms with van der Waals surface area (Å²) in [5.41, 5.74) is 2.06. The molecule has 4 nitrogen and oxygen atoms in total. The molecule has 1 fully saturated rings. The molecule has 2 rings (SSSR count). The monoisotopic (exact) mass is 348 g/mol. The van der Waals surface area contributed by atoms with Gasteiger partial charge in [-0.15, -0.1) is 0 Å². The van der Waals surface area contributed by atoms with Crippen molar-refractivity contribution >= 4 is 27.5 Å². The van der Waals surface area contributed by atoms with Gasteiger partial charge in [0.25, 0.3) is 0 Å². The molecule has 2 heterocycles. The quantitative estimate of drug-likeness (QED) is 0.780. The lowest BCUT2D eigenvalue weighted by Crippen LogP contribution is -2.32. The fourth-order valence-corrected chi connectivity index (χ4v) is 3.31. The van der Waals surface area contributed by atoms with Gasteiger partial charge in [-0.25, -0.2) is 0 Å². The van der Waals surface area contributed by atoms with Crippen LogP contribution in [0.15, 0.2) is 0 Å². The van der Waals surface area contributed by atoms with E-state index < -0.39 is 0 Å². The summed E-state index contributed by atoms with van der Waals surface area (Å²) in [5, 5.41) is 6.26. The molecule has 1 aliphatic rings. The van der Waals surface area contributed by atoms with E-state index in [1.165, 1.54) is 13.0 Å². The summed E-state index contributed by atoms with van der Waals surface area (Å²) < 4.78 is 1.92. The van der Waals surface area contributed by atoms with Crippen LogP contribution in [0.25, 0.3) is 0 Å². The summed E-state index contributed by atoms with van der Waals surface area (Å²) >= 11 is 9.84. The first-order valence-corrected chi connectivity index (χ1v) is 8.30. The molecule has 0 spiro atoms. The van der Waals surface area contributed by atoms with Gasteiger partial charge >= 0.3 is 0 Å². The molecule has 0 radical (unpaired) electrons. The second kappa shape index (κ2) is 7.07. The van der Waals surface area contributed by atoms with Crippen LogP contribution in [0.1, 0.15) is 17.8 Å². The third-order valence-electron chi connectivity index (χ3n) is 3.72. The molecule has 0 amide bonds. The number of aryl methyl sites for hydroxylation is 2. The van der Waals surface area contributed by atoms with Crippen molar-refractivity contribution in [2.75, 3.05) is 38.1 Å². The molecule has 0 aliphatic carbocycles. The minimum Gasteiger partial charge on any atom is -0.301 e. The molecule has 108 valence electrons. The van der Waals surface area contributed by atoms with Crippen molar-refractivity contribution in [1.29, 1.82) is 0 Å². The number of hydrogen-bond acceptors (Lipinski definition) is 3. The topological polar surface area (TPSA) is 24.3 Å². The SMILES string of the molecule is Cc1nn(C)c(CN2CCCN(CCBr)CC2)c1Cl. The van der Waals surface area contributed by atoms with Crippen LogP contribution >= 0.6 is 27.5 Å². The van der Waals surface area contributed by atoms with Crippen molar-refractivity contribution in [1.82, 2.24) is 19.6 Å². The van der Waals surface area contributed by atoms with Crippen molar-refractivity contribution in [3.8, 4) is 0 Å². The number of halogens is 2. The Morgan fingerprint density at radius 2 is 1.89 bits per heavy atom. The molecule has 0 unspecified atom stereocenters. The Kier molecular flexibility index (Phi) is 5.69. The van der Waals surface area contributed by atoms with E-state index in [-0.39, 0.29) is 0 Å². The van der Waals surface area contributed by atoms with E-state index in [2.05, 4.69) is 30.8 Å². The zero-order valence-corrected chi connectivity index (χ0v) is 14.0. The van der Waals surface area contributed by atoms with Gasteiger partial charge in [0, 0.05) is 38.6 Å². The Morgan fingerprint density at radius 1 is 1.21 bits per heavy atom. The Bertz CT molecular complexity index is 421. The van der Waals surface area contributed by atoms with E-state index in [1.54, 1.807) is 0 Å². The maximum Gasteiger partial charge on any atom is 0.0860 e. The molecule has 1 saturated heterocycles. The fraction of sp³-hybridized carbons (Fsp3) is 0.769. The Balaban J connectivity index is 1.96. The predicted octanol–water partition coefficient (Wildman–Crippen LogP) is 2.28. The van der Waals surface area contributed by atoms with Crippen LogP contribution in [-0.4, -0.2) is 57.6 Å². The third-order valence-corrected chi connectivity index (χ3v) is 4.56. The maximum atomic E-state index is 6.33. The number of aromatic nitrogens is 2. The number of alkyl halides is 1. The smallest absolute Gasteiger partial charge is 0.0860 e. The summed E-state index contributed by atoms with van der Waals surface area (Å²) in [6.45, 7) is 8.58. The van der Waals surface area contributed by atoms with Gasteiger partial charge in [-0.2, -0.15) is 5.10 Å². The molecule has 0 bridgehead atoms. The summed E-state index contributed by atoms with van der Waals surface area (Å²) in [6.07, 6.45) is 1.22. The molecule has 0 N–H and O–H groups in total. The first-order valence-electron chi connectivity index (χ1n) is 6.80. The van der Waals surface area contributed by atoms with E-state index in [0.717, 1.165) is 54.5 Å². The fourth-order valence-electron chi connectivity index (χ4n) is 2.59. The Morgan fingerprint density at radius 3 is 2.53 bits per heavy atom. The molecule has 0 atom stereocenters. The van der Waals surface area contributed by atoms with Crippen molar-refractivity contribution in [3.63, 3.8) is 0 Å². The van der Waals surface area contributed by atoms with Crippen LogP contribution in [0.5, 0.6) is 0 Å². The first kappa shape index (κ1) is 15.3. The van der Waals surface area contributed by atoms with E-state index in [4.69, 9.17) is 11.6 Å². The molecule has 1 aromatic heterocycles. The van der Waals surface area contributed by atoms with Crippen molar-refractivity contribution < 1.29 is 0 Å². The van der Waals surface area contributed by atoms with E-state index >= 15 is 0 Å². The number of nitrogens with zero attached hydrogens (tertiary/aromatic N) is 4. The van der Waals surface area contributed by atoms with Crippen LogP contribution in [-0.2, 0) is 13.6 Å². The molecule has 19 heavy (non-hydrogen) atoms. The van der Waals surface area contributed by atoms with Gasteiger partial charge < -0.3 is 4.90 Å². The lowest BCUT2D eigenvalue weighted by Gasteiger charge is -2.21. The van der Waals surface area contributed by atoms with Gasteiger partial charge in [0.15, 0.2) is 0 Å². The lowest BCUT2D eigenvalue weighted by atomic mass is 10.3. The molecule has 0 aromatic carbocycles. The number of rotatable bonds is 4. The maximum absolute atomic E-state index is 6.33. The van der Waals surface area contributed by atoms with Crippen LogP contribution in [0.2, 0.25) is 5.02 Å². The van der Waals surface area contributed by atoms with Crippen LogP contribution < -0.4 is 0 Å². The highest BCUT2D eigenvalue weighted by Crippen LogP contribution is 2.21. The summed E-state index contributed by atoms with van der Waals surface area (Å²) in [6, 6.07) is 0. The molecule has 6 heteroatoms. The van der Waals surface area contributed by atoms with Gasteiger partial charge in [0.1, 0.15) is 0 Å². The third kappa shape index (κ3) is 3.94.